The van der Waals surface area contributed by atoms with Crippen molar-refractivity contribution in [3.8, 4) is 5.69 Å². The maximum atomic E-state index is 15.7. The predicted octanol–water partition coefficient (Wildman–Crippen LogP) is 5.17. The molecule has 4 heterocycles. The number of aryl methyl sites for hydroxylation is 1. The number of hydrogen-bond donors (Lipinski definition) is 0. The number of benzene rings is 1. The molecule has 0 radical (unpaired) electrons. The first kappa shape index (κ1) is 29.2. The minimum Gasteiger partial charge on any atom is -0.343 e. The van der Waals surface area contributed by atoms with Gasteiger partial charge in [0.2, 0.25) is 5.91 Å². The van der Waals surface area contributed by atoms with Crippen LogP contribution in [0, 0.1) is 18.7 Å². The number of rotatable bonds is 7. The lowest BCUT2D eigenvalue weighted by Crippen LogP contribution is -2.49. The van der Waals surface area contributed by atoms with Crippen molar-refractivity contribution in [1.82, 2.24) is 24.3 Å². The van der Waals surface area contributed by atoms with E-state index in [1.807, 2.05) is 31.5 Å². The van der Waals surface area contributed by atoms with Crippen molar-refractivity contribution in [2.45, 2.75) is 65.1 Å². The molecule has 2 aliphatic heterocycles. The first-order valence-electron chi connectivity index (χ1n) is 14.6. The van der Waals surface area contributed by atoms with Crippen molar-refractivity contribution in [2.24, 2.45) is 5.92 Å². The summed E-state index contributed by atoms with van der Waals surface area (Å²) in [6, 6.07) is 4.33. The number of hydrogen-bond acceptors (Lipinski definition) is 4. The molecule has 3 aromatic rings. The standard InChI is InChI=1S/C32H41F2N5O2/c1-21(2)36(5)31(41)27-15-26(33)6-7-28(27)39-19-25(30-22(3)16-35-17-29(30)39)14-24-8-11-37(18-24)20-32(34)9-12-38(13-10-32)23(4)40/h6-7,15-17,19,21,24H,8-14,18,20H2,1-5H3/t24-/m0/s1. The maximum absolute atomic E-state index is 15.7. The molecule has 5 rings (SSSR count). The van der Waals surface area contributed by atoms with Crippen LogP contribution in [0.1, 0.15) is 61.5 Å². The third-order valence-corrected chi connectivity index (χ3v) is 9.01. The van der Waals surface area contributed by atoms with E-state index in [2.05, 4.69) is 16.1 Å². The molecule has 1 aromatic carbocycles. The fourth-order valence-electron chi connectivity index (χ4n) is 6.42. The summed E-state index contributed by atoms with van der Waals surface area (Å²) >= 11 is 0. The fraction of sp³-hybridized carbons (Fsp3) is 0.531. The Kier molecular flexibility index (Phi) is 8.19. The molecule has 7 nitrogen and oxygen atoms in total. The van der Waals surface area contributed by atoms with Gasteiger partial charge in [-0.15, -0.1) is 0 Å². The van der Waals surface area contributed by atoms with Crippen LogP contribution in [-0.4, -0.2) is 87.5 Å². The molecule has 0 spiro atoms. The predicted molar refractivity (Wildman–Crippen MR) is 157 cm³/mol. The number of likely N-dealkylation sites (tertiary alicyclic amines) is 2. The van der Waals surface area contributed by atoms with Gasteiger partial charge in [-0.2, -0.15) is 0 Å². The molecule has 9 heteroatoms. The quantitative estimate of drug-likeness (QED) is 0.397. The molecule has 0 N–H and O–H groups in total. The Morgan fingerprint density at radius 3 is 2.59 bits per heavy atom. The first-order valence-corrected chi connectivity index (χ1v) is 14.6. The second-order valence-corrected chi connectivity index (χ2v) is 12.3. The van der Waals surface area contributed by atoms with Crippen LogP contribution < -0.4 is 0 Å². The van der Waals surface area contributed by atoms with Crippen LogP contribution >= 0.6 is 0 Å². The number of pyridine rings is 1. The number of alkyl halides is 1. The van der Waals surface area contributed by atoms with Gasteiger partial charge in [0.15, 0.2) is 0 Å². The number of carbonyl (C=O) groups is 2. The highest BCUT2D eigenvalue weighted by molar-refractivity contribution is 5.99. The molecule has 2 fully saturated rings. The summed E-state index contributed by atoms with van der Waals surface area (Å²) in [5.74, 6) is -0.311. The third-order valence-electron chi connectivity index (χ3n) is 9.01. The number of aromatic nitrogens is 2. The second-order valence-electron chi connectivity index (χ2n) is 12.3. The van der Waals surface area contributed by atoms with Crippen LogP contribution in [0.3, 0.4) is 0 Å². The van der Waals surface area contributed by atoms with Gasteiger partial charge in [0, 0.05) is 76.8 Å². The van der Waals surface area contributed by atoms with Crippen molar-refractivity contribution in [1.29, 1.82) is 0 Å². The van der Waals surface area contributed by atoms with Crippen LogP contribution in [0.25, 0.3) is 16.6 Å². The molecule has 1 atom stereocenters. The second kappa shape index (κ2) is 11.5. The van der Waals surface area contributed by atoms with Gasteiger partial charge >= 0.3 is 0 Å². The number of nitrogens with zero attached hydrogens (tertiary/aromatic N) is 5. The summed E-state index contributed by atoms with van der Waals surface area (Å²) in [7, 11) is 1.73. The van der Waals surface area contributed by atoms with Crippen LogP contribution in [0.5, 0.6) is 0 Å². The normalized spacial score (nSPS) is 19.3. The topological polar surface area (TPSA) is 61.7 Å². The first-order chi connectivity index (χ1) is 19.5. The molecule has 2 aromatic heterocycles. The Morgan fingerprint density at radius 2 is 1.90 bits per heavy atom. The summed E-state index contributed by atoms with van der Waals surface area (Å²) in [6.07, 6.45) is 8.29. The van der Waals surface area contributed by atoms with Crippen LogP contribution in [-0.2, 0) is 11.2 Å². The summed E-state index contributed by atoms with van der Waals surface area (Å²) in [5, 5.41) is 1.09. The molecule has 2 aliphatic rings. The van der Waals surface area contributed by atoms with E-state index >= 15 is 4.39 Å². The molecule has 2 saturated heterocycles. The van der Waals surface area contributed by atoms with E-state index in [4.69, 9.17) is 0 Å². The molecule has 2 amide bonds. The fourth-order valence-corrected chi connectivity index (χ4v) is 6.42. The molecule has 220 valence electrons. The lowest BCUT2D eigenvalue weighted by Gasteiger charge is -2.38. The van der Waals surface area contributed by atoms with Gasteiger partial charge in [-0.1, -0.05) is 0 Å². The van der Waals surface area contributed by atoms with Gasteiger partial charge in [-0.3, -0.25) is 19.5 Å². The van der Waals surface area contributed by atoms with E-state index in [1.54, 1.807) is 36.0 Å². The Labute approximate surface area is 241 Å². The van der Waals surface area contributed by atoms with Crippen molar-refractivity contribution >= 4 is 22.7 Å². The van der Waals surface area contributed by atoms with E-state index in [0.29, 0.717) is 49.6 Å². The van der Waals surface area contributed by atoms with E-state index in [1.165, 1.54) is 12.1 Å². The number of amides is 2. The highest BCUT2D eigenvalue weighted by atomic mass is 19.1. The zero-order chi connectivity index (χ0) is 29.5. The zero-order valence-electron chi connectivity index (χ0n) is 24.8. The Morgan fingerprint density at radius 1 is 1.17 bits per heavy atom. The molecule has 0 saturated carbocycles. The van der Waals surface area contributed by atoms with Gasteiger partial charge < -0.3 is 14.4 Å². The van der Waals surface area contributed by atoms with E-state index in [0.717, 1.165) is 48.0 Å². The number of piperidine rings is 1. The third kappa shape index (κ3) is 6.01. The highest BCUT2D eigenvalue weighted by Gasteiger charge is 2.38. The summed E-state index contributed by atoms with van der Waals surface area (Å²) in [5.41, 5.74) is 2.74. The van der Waals surface area contributed by atoms with E-state index in [-0.39, 0.29) is 17.9 Å². The minimum atomic E-state index is -1.26. The lowest BCUT2D eigenvalue weighted by atomic mass is 9.92. The van der Waals surface area contributed by atoms with E-state index < -0.39 is 11.5 Å². The summed E-state index contributed by atoms with van der Waals surface area (Å²) in [4.78, 5) is 35.0. The van der Waals surface area contributed by atoms with Gasteiger partial charge in [0.05, 0.1) is 23.0 Å². The minimum absolute atomic E-state index is 0.0157. The molecule has 41 heavy (non-hydrogen) atoms. The van der Waals surface area contributed by atoms with Gasteiger partial charge in [0.1, 0.15) is 11.5 Å². The smallest absolute Gasteiger partial charge is 0.256 e. The van der Waals surface area contributed by atoms with Crippen LogP contribution in [0.4, 0.5) is 8.78 Å². The average Bonchev–Trinajstić information content (AvgIpc) is 3.52. The Balaban J connectivity index is 1.39. The summed E-state index contributed by atoms with van der Waals surface area (Å²) in [6.45, 7) is 10.5. The monoisotopic (exact) mass is 565 g/mol. The van der Waals surface area contributed by atoms with E-state index in [9.17, 15) is 14.0 Å². The maximum Gasteiger partial charge on any atom is 0.256 e. The van der Waals surface area contributed by atoms with Crippen LogP contribution in [0.15, 0.2) is 36.8 Å². The number of halogens is 2. The Bertz CT molecular complexity index is 1440. The molecule has 0 bridgehead atoms. The molecular formula is C32H41F2N5O2. The van der Waals surface area contributed by atoms with Crippen molar-refractivity contribution < 1.29 is 18.4 Å². The number of carbonyl (C=O) groups excluding carboxylic acids is 2. The largest absolute Gasteiger partial charge is 0.343 e. The zero-order valence-corrected chi connectivity index (χ0v) is 24.8. The Hall–Kier alpha value is -3.33. The average molecular weight is 566 g/mol. The summed E-state index contributed by atoms with van der Waals surface area (Å²) < 4.78 is 32.0. The number of fused-ring (bicyclic) bond motifs is 1. The van der Waals surface area contributed by atoms with Gasteiger partial charge in [-0.05, 0) is 75.4 Å². The molecule has 0 unspecified atom stereocenters. The van der Waals surface area contributed by atoms with Crippen LogP contribution in [0.2, 0.25) is 0 Å². The molecular weight excluding hydrogens is 524 g/mol. The van der Waals surface area contributed by atoms with Crippen molar-refractivity contribution in [2.75, 3.05) is 39.8 Å². The highest BCUT2D eigenvalue weighted by Crippen LogP contribution is 2.34. The lowest BCUT2D eigenvalue weighted by molar-refractivity contribution is -0.131. The molecule has 0 aliphatic carbocycles. The van der Waals surface area contributed by atoms with Gasteiger partial charge in [0.25, 0.3) is 5.91 Å². The van der Waals surface area contributed by atoms with Crippen molar-refractivity contribution in [3.05, 3.63) is 59.3 Å². The SMILES string of the molecule is CC(=O)N1CCC(F)(CN2CC[C@@H](Cc3cn(-c4ccc(F)cc4C(=O)N(C)C(C)C)c4cncc(C)c34)C2)CC1. The van der Waals surface area contributed by atoms with Crippen molar-refractivity contribution in [3.63, 3.8) is 0 Å². The van der Waals surface area contributed by atoms with Gasteiger partial charge in [-0.25, -0.2) is 8.78 Å².